The fourth-order valence-corrected chi connectivity index (χ4v) is 2.57. The largest absolute Gasteiger partial charge is 0.394 e. The Kier molecular flexibility index (Phi) is 3.40. The number of aliphatic hydroxyl groups excluding tert-OH is 2. The first-order valence-electron chi connectivity index (χ1n) is 6.60. The van der Waals surface area contributed by atoms with Crippen molar-refractivity contribution in [3.8, 4) is 0 Å². The van der Waals surface area contributed by atoms with Crippen molar-refractivity contribution in [2.75, 3.05) is 25.6 Å². The molecule has 1 fully saturated rings. The second-order valence-corrected chi connectivity index (χ2v) is 5.21. The zero-order chi connectivity index (χ0) is 15.1. The maximum atomic E-state index is 12.2. The Morgan fingerprint density at radius 3 is 2.90 bits per heavy atom. The SMILES string of the molecule is CN(C)c1ncnc2c1[nH]c(=O)n2C1CC(O)C(CO)O1. The zero-order valence-corrected chi connectivity index (χ0v) is 11.7. The molecule has 3 N–H and O–H groups in total. The van der Waals surface area contributed by atoms with E-state index in [4.69, 9.17) is 9.84 Å². The summed E-state index contributed by atoms with van der Waals surface area (Å²) < 4.78 is 6.88. The molecule has 1 aliphatic heterocycles. The van der Waals surface area contributed by atoms with Crippen LogP contribution in [0.3, 0.4) is 0 Å². The average molecular weight is 295 g/mol. The first kappa shape index (κ1) is 14.0. The number of nitrogens with zero attached hydrogens (tertiary/aromatic N) is 4. The highest BCUT2D eigenvalue weighted by Crippen LogP contribution is 2.30. The van der Waals surface area contributed by atoms with Gasteiger partial charge >= 0.3 is 5.69 Å². The Bertz CT molecular complexity index is 709. The summed E-state index contributed by atoms with van der Waals surface area (Å²) in [5.74, 6) is 0.591. The minimum Gasteiger partial charge on any atom is -0.394 e. The number of ether oxygens (including phenoxy) is 1. The number of imidazole rings is 1. The molecule has 114 valence electrons. The van der Waals surface area contributed by atoms with E-state index < -0.39 is 18.4 Å². The standard InChI is InChI=1S/C12H17N5O4/c1-16(2)10-9-11(14-5-13-10)17(12(20)15-9)8-3-6(19)7(4-18)21-8/h5-8,18-19H,3-4H2,1-2H3,(H,15,20). The summed E-state index contributed by atoms with van der Waals surface area (Å²) in [6.45, 7) is -0.299. The maximum Gasteiger partial charge on any atom is 0.329 e. The van der Waals surface area contributed by atoms with Crippen molar-refractivity contribution in [1.29, 1.82) is 0 Å². The lowest BCUT2D eigenvalue weighted by Crippen LogP contribution is -2.25. The smallest absolute Gasteiger partial charge is 0.329 e. The van der Waals surface area contributed by atoms with E-state index in [9.17, 15) is 9.90 Å². The molecule has 0 aromatic carbocycles. The number of rotatable bonds is 3. The predicted molar refractivity (Wildman–Crippen MR) is 74.1 cm³/mol. The Morgan fingerprint density at radius 1 is 1.52 bits per heavy atom. The van der Waals surface area contributed by atoms with Crippen LogP contribution in [0.15, 0.2) is 11.1 Å². The molecule has 0 bridgehead atoms. The van der Waals surface area contributed by atoms with Crippen LogP contribution in [-0.4, -0.2) is 62.6 Å². The summed E-state index contributed by atoms with van der Waals surface area (Å²) in [6, 6.07) is 0. The third-order valence-electron chi connectivity index (χ3n) is 3.58. The number of hydrogen-bond acceptors (Lipinski definition) is 7. The number of anilines is 1. The van der Waals surface area contributed by atoms with Gasteiger partial charge in [-0.25, -0.2) is 19.3 Å². The highest BCUT2D eigenvalue weighted by Gasteiger charge is 2.36. The van der Waals surface area contributed by atoms with Crippen molar-refractivity contribution >= 4 is 17.0 Å². The van der Waals surface area contributed by atoms with E-state index in [1.807, 2.05) is 14.1 Å². The van der Waals surface area contributed by atoms with Crippen LogP contribution in [0, 0.1) is 0 Å². The first-order valence-corrected chi connectivity index (χ1v) is 6.60. The Morgan fingerprint density at radius 2 is 2.29 bits per heavy atom. The van der Waals surface area contributed by atoms with Gasteiger partial charge in [0.25, 0.3) is 0 Å². The molecule has 9 heteroatoms. The van der Waals surface area contributed by atoms with E-state index in [-0.39, 0.29) is 18.7 Å². The van der Waals surface area contributed by atoms with Gasteiger partial charge in [0.05, 0.1) is 12.7 Å². The summed E-state index contributed by atoms with van der Waals surface area (Å²) in [5.41, 5.74) is 0.539. The van der Waals surface area contributed by atoms with Crippen LogP contribution in [0.5, 0.6) is 0 Å². The summed E-state index contributed by atoms with van der Waals surface area (Å²) >= 11 is 0. The van der Waals surface area contributed by atoms with Gasteiger partial charge in [-0.15, -0.1) is 0 Å². The predicted octanol–water partition coefficient (Wildman–Crippen LogP) is -1.17. The topological polar surface area (TPSA) is 117 Å². The molecular weight excluding hydrogens is 278 g/mol. The lowest BCUT2D eigenvalue weighted by Gasteiger charge is -2.14. The number of aromatic amines is 1. The molecule has 21 heavy (non-hydrogen) atoms. The fraction of sp³-hybridized carbons (Fsp3) is 0.583. The molecule has 9 nitrogen and oxygen atoms in total. The number of aliphatic hydroxyl groups is 2. The van der Waals surface area contributed by atoms with Gasteiger partial charge in [-0.3, -0.25) is 0 Å². The fourth-order valence-electron chi connectivity index (χ4n) is 2.57. The second-order valence-electron chi connectivity index (χ2n) is 5.21. The number of H-pyrrole nitrogens is 1. The van der Waals surface area contributed by atoms with Gasteiger partial charge in [0, 0.05) is 20.5 Å². The van der Waals surface area contributed by atoms with Gasteiger partial charge < -0.3 is 24.8 Å². The summed E-state index contributed by atoms with van der Waals surface area (Å²) in [6.07, 6.45) is -0.576. The van der Waals surface area contributed by atoms with Crippen molar-refractivity contribution < 1.29 is 14.9 Å². The van der Waals surface area contributed by atoms with Crippen LogP contribution in [0.2, 0.25) is 0 Å². The van der Waals surface area contributed by atoms with E-state index in [2.05, 4.69) is 15.0 Å². The van der Waals surface area contributed by atoms with E-state index in [0.29, 0.717) is 17.0 Å². The van der Waals surface area contributed by atoms with Crippen molar-refractivity contribution in [3.63, 3.8) is 0 Å². The molecule has 3 rings (SSSR count). The third-order valence-corrected chi connectivity index (χ3v) is 3.58. The molecule has 0 saturated carbocycles. The summed E-state index contributed by atoms with van der Waals surface area (Å²) in [7, 11) is 3.63. The molecule has 0 radical (unpaired) electrons. The minimum atomic E-state index is -0.813. The van der Waals surface area contributed by atoms with Gasteiger partial charge in [-0.05, 0) is 0 Å². The van der Waals surface area contributed by atoms with Crippen LogP contribution >= 0.6 is 0 Å². The highest BCUT2D eigenvalue weighted by molar-refractivity contribution is 5.83. The lowest BCUT2D eigenvalue weighted by molar-refractivity contribution is -0.0441. The van der Waals surface area contributed by atoms with Crippen molar-refractivity contribution in [2.45, 2.75) is 24.9 Å². The molecule has 3 unspecified atom stereocenters. The van der Waals surface area contributed by atoms with Crippen molar-refractivity contribution in [2.24, 2.45) is 0 Å². The average Bonchev–Trinajstić information content (AvgIpc) is 2.96. The summed E-state index contributed by atoms with van der Waals surface area (Å²) in [4.78, 5) is 25.0. The van der Waals surface area contributed by atoms with Gasteiger partial charge in [-0.1, -0.05) is 0 Å². The van der Waals surface area contributed by atoms with Gasteiger partial charge in [0.1, 0.15) is 24.2 Å². The third kappa shape index (κ3) is 2.19. The molecule has 2 aromatic heterocycles. The van der Waals surface area contributed by atoms with Crippen molar-refractivity contribution in [3.05, 3.63) is 16.8 Å². The van der Waals surface area contributed by atoms with Gasteiger partial charge in [0.15, 0.2) is 11.5 Å². The number of aromatic nitrogens is 4. The molecule has 3 atom stereocenters. The molecule has 1 saturated heterocycles. The van der Waals surface area contributed by atoms with Crippen LogP contribution in [0.4, 0.5) is 5.82 Å². The Labute approximate surface area is 119 Å². The monoisotopic (exact) mass is 295 g/mol. The summed E-state index contributed by atoms with van der Waals surface area (Å²) in [5, 5.41) is 19.0. The van der Waals surface area contributed by atoms with E-state index in [0.717, 1.165) is 0 Å². The van der Waals surface area contributed by atoms with Gasteiger partial charge in [-0.2, -0.15) is 0 Å². The van der Waals surface area contributed by atoms with Crippen molar-refractivity contribution in [1.82, 2.24) is 19.5 Å². The molecule has 2 aromatic rings. The van der Waals surface area contributed by atoms with Crippen LogP contribution in [0.25, 0.3) is 11.2 Å². The second kappa shape index (κ2) is 5.10. The Balaban J connectivity index is 2.10. The van der Waals surface area contributed by atoms with Crippen LogP contribution in [-0.2, 0) is 4.74 Å². The van der Waals surface area contributed by atoms with Crippen LogP contribution < -0.4 is 10.6 Å². The molecule has 1 aliphatic rings. The van der Waals surface area contributed by atoms with E-state index in [1.165, 1.54) is 10.9 Å². The number of fused-ring (bicyclic) bond motifs is 1. The zero-order valence-electron chi connectivity index (χ0n) is 11.7. The Hall–Kier alpha value is -1.97. The molecule has 0 spiro atoms. The highest BCUT2D eigenvalue weighted by atomic mass is 16.5. The van der Waals surface area contributed by atoms with Gasteiger partial charge in [0.2, 0.25) is 0 Å². The number of hydrogen-bond donors (Lipinski definition) is 3. The molecule has 0 aliphatic carbocycles. The molecular formula is C12H17N5O4. The molecule has 0 amide bonds. The lowest BCUT2D eigenvalue weighted by atomic mass is 10.2. The quantitative estimate of drug-likeness (QED) is 0.653. The van der Waals surface area contributed by atoms with Crippen LogP contribution in [0.1, 0.15) is 12.6 Å². The van der Waals surface area contributed by atoms with E-state index in [1.54, 1.807) is 4.90 Å². The maximum absolute atomic E-state index is 12.2. The first-order chi connectivity index (χ1) is 10.0. The normalized spacial score (nSPS) is 25.6. The molecule has 3 heterocycles. The minimum absolute atomic E-state index is 0.222. The number of nitrogens with one attached hydrogen (secondary N) is 1. The van der Waals surface area contributed by atoms with E-state index >= 15 is 0 Å².